The number of ketones is 1. The van der Waals surface area contributed by atoms with Gasteiger partial charge in [-0.05, 0) is 156 Å². The third kappa shape index (κ3) is 11.6. The third-order valence-electron chi connectivity index (χ3n) is 21.8. The van der Waals surface area contributed by atoms with Gasteiger partial charge in [-0.2, -0.15) is 0 Å². The van der Waals surface area contributed by atoms with E-state index in [9.17, 15) is 50.1 Å². The molecule has 0 aromatic carbocycles. The van der Waals surface area contributed by atoms with E-state index in [4.69, 9.17) is 28.4 Å². The molecule has 8 N–H and O–H groups in total. The third-order valence-corrected chi connectivity index (χ3v) is 21.8. The molecule has 0 spiro atoms. The second kappa shape index (κ2) is 24.9. The molecule has 7 aliphatic rings. The van der Waals surface area contributed by atoms with Crippen LogP contribution < -0.4 is 5.32 Å². The highest BCUT2D eigenvalue weighted by Gasteiger charge is 2.77. The predicted molar refractivity (Wildman–Crippen MR) is 299 cm³/mol. The van der Waals surface area contributed by atoms with E-state index in [0.29, 0.717) is 6.42 Å². The molecule has 3 saturated heterocycles. The monoisotopic (exact) mass is 1170 g/mol. The Hall–Kier alpha value is -2.61. The van der Waals surface area contributed by atoms with Crippen molar-refractivity contribution in [1.29, 1.82) is 0 Å². The number of halogens is 2. The summed E-state index contributed by atoms with van der Waals surface area (Å²) in [6.45, 7) is 20.7. The van der Waals surface area contributed by atoms with Gasteiger partial charge in [0.15, 0.2) is 29.6 Å². The normalized spacial score (nSPS) is 49.9. The maximum Gasteiger partial charge on any atom is 0.311 e. The van der Waals surface area contributed by atoms with Gasteiger partial charge in [-0.3, -0.25) is 19.3 Å². The SMILES string of the molecule is CC[C@H]1OC(=O)[C@H](C)[C@@H](O[C@@H]2C[C@](C)(OC)[C@H](O)C(C)O2)[C@H](C)[C@@H](O[C@@H]2O[C@H](C)C[C@@H](N(C)C)[C@H]2O)[C@@](O)(CC)CCCN(CCCNC(=O)[C@@]2(O)[C@H](C)CC3C4C[C@H](F)C5=CC(=O)C=C[C@]5(C)[C@@]4(F)[C@@H](O)C[C@@]32C)[C@H](C)[C@@H](O)[C@]1(C)O. The average Bonchev–Trinajstić information content (AvgIpc) is 1.89. The van der Waals surface area contributed by atoms with Crippen LogP contribution >= 0.6 is 0 Å². The van der Waals surface area contributed by atoms with E-state index in [1.807, 2.05) is 37.7 Å². The number of amides is 1. The lowest BCUT2D eigenvalue weighted by Crippen LogP contribution is -2.71. The quantitative estimate of drug-likeness (QED) is 0.0948. The highest BCUT2D eigenvalue weighted by atomic mass is 19.1. The Labute approximate surface area is 484 Å². The van der Waals surface area contributed by atoms with Gasteiger partial charge >= 0.3 is 5.97 Å². The summed E-state index contributed by atoms with van der Waals surface area (Å²) in [4.78, 5) is 45.5. The van der Waals surface area contributed by atoms with Crippen molar-refractivity contribution >= 4 is 17.7 Å². The molecule has 4 aliphatic carbocycles. The molecule has 6 fully saturated rings. The number of likely N-dealkylation sites (N-methyl/N-ethyl adjacent to an activating group) is 1. The second-order valence-electron chi connectivity index (χ2n) is 27.0. The number of methoxy groups -OCH3 is 1. The lowest BCUT2D eigenvalue weighted by molar-refractivity contribution is -0.319. The summed E-state index contributed by atoms with van der Waals surface area (Å²) in [5.41, 5.74) is -12.3. The van der Waals surface area contributed by atoms with E-state index in [0.717, 1.165) is 6.08 Å². The first-order valence-corrected chi connectivity index (χ1v) is 30.3. The van der Waals surface area contributed by atoms with Gasteiger partial charge in [-0.25, -0.2) is 8.78 Å². The van der Waals surface area contributed by atoms with Crippen LogP contribution in [0.5, 0.6) is 0 Å². The summed E-state index contributed by atoms with van der Waals surface area (Å²) < 4.78 is 72.4. The molecule has 3 saturated carbocycles. The zero-order valence-corrected chi connectivity index (χ0v) is 51.3. The van der Waals surface area contributed by atoms with E-state index in [1.165, 1.54) is 33.1 Å². The Morgan fingerprint density at radius 2 is 1.59 bits per heavy atom. The van der Waals surface area contributed by atoms with Crippen LogP contribution in [-0.4, -0.2) is 218 Å². The number of cyclic esters (lactones) is 1. The van der Waals surface area contributed by atoms with Crippen LogP contribution in [0, 0.1) is 40.4 Å². The van der Waals surface area contributed by atoms with Crippen molar-refractivity contribution in [3.63, 3.8) is 0 Å². The summed E-state index contributed by atoms with van der Waals surface area (Å²) in [6.07, 6.45) is -9.38. The van der Waals surface area contributed by atoms with Gasteiger partial charge in [0, 0.05) is 61.4 Å². The Morgan fingerprint density at radius 1 is 0.915 bits per heavy atom. The van der Waals surface area contributed by atoms with Crippen LogP contribution in [0.1, 0.15) is 147 Å². The van der Waals surface area contributed by atoms with E-state index >= 15 is 8.78 Å². The van der Waals surface area contributed by atoms with Gasteiger partial charge in [0.2, 0.25) is 0 Å². The molecule has 0 aromatic rings. The van der Waals surface area contributed by atoms with Crippen molar-refractivity contribution in [3.05, 3.63) is 23.8 Å². The summed E-state index contributed by atoms with van der Waals surface area (Å²) in [5.74, 6) is -6.48. The van der Waals surface area contributed by atoms with E-state index in [2.05, 4.69) is 5.32 Å². The number of aliphatic hydroxyl groups is 7. The number of fused-ring (bicyclic) bond motifs is 5. The lowest BCUT2D eigenvalue weighted by atomic mass is 9.44. The molecule has 19 nitrogen and oxygen atoms in total. The van der Waals surface area contributed by atoms with Gasteiger partial charge in [0.05, 0.1) is 47.6 Å². The number of ether oxygens (including phenoxy) is 6. The van der Waals surface area contributed by atoms with Crippen molar-refractivity contribution in [2.75, 3.05) is 40.8 Å². The molecular formula is C61H101F2N3O16. The first-order valence-electron chi connectivity index (χ1n) is 30.3. The van der Waals surface area contributed by atoms with E-state index in [-0.39, 0.29) is 95.1 Å². The smallest absolute Gasteiger partial charge is 0.311 e. The fraction of sp³-hybridized carbons (Fsp3) is 0.885. The molecular weight excluding hydrogens is 1070 g/mol. The molecule has 21 heteroatoms. The lowest BCUT2D eigenvalue weighted by Gasteiger charge is -2.63. The molecule has 1 amide bonds. The first kappa shape index (κ1) is 66.9. The summed E-state index contributed by atoms with van der Waals surface area (Å²) in [6, 6.07) is -1.19. The number of esters is 1. The largest absolute Gasteiger partial charge is 0.459 e. The van der Waals surface area contributed by atoms with Crippen molar-refractivity contribution in [2.24, 2.45) is 40.4 Å². The summed E-state index contributed by atoms with van der Waals surface area (Å²) >= 11 is 0. The number of allylic oxidation sites excluding steroid dienone is 4. The van der Waals surface area contributed by atoms with Crippen molar-refractivity contribution < 1.29 is 87.3 Å². The fourth-order valence-corrected chi connectivity index (χ4v) is 16.3. The molecule has 470 valence electrons. The zero-order valence-electron chi connectivity index (χ0n) is 51.3. The van der Waals surface area contributed by atoms with Crippen LogP contribution in [0.3, 0.4) is 0 Å². The highest BCUT2D eigenvalue weighted by Crippen LogP contribution is 2.71. The van der Waals surface area contributed by atoms with Crippen LogP contribution in [0.15, 0.2) is 23.8 Å². The number of alkyl halides is 2. The van der Waals surface area contributed by atoms with Crippen molar-refractivity contribution in [3.8, 4) is 0 Å². The van der Waals surface area contributed by atoms with Crippen LogP contribution in [0.4, 0.5) is 8.78 Å². The Bertz CT molecular complexity index is 2330. The summed E-state index contributed by atoms with van der Waals surface area (Å²) in [7, 11) is 5.19. The van der Waals surface area contributed by atoms with Crippen molar-refractivity contribution in [1.82, 2.24) is 15.1 Å². The van der Waals surface area contributed by atoms with Gasteiger partial charge in [-0.1, -0.05) is 40.7 Å². The van der Waals surface area contributed by atoms with Gasteiger partial charge in [0.25, 0.3) is 5.91 Å². The Morgan fingerprint density at radius 3 is 2.21 bits per heavy atom. The van der Waals surface area contributed by atoms with E-state index in [1.54, 1.807) is 55.4 Å². The Balaban J connectivity index is 1.16. The molecule has 0 radical (unpaired) electrons. The molecule has 82 heavy (non-hydrogen) atoms. The minimum atomic E-state index is -2.38. The van der Waals surface area contributed by atoms with Gasteiger partial charge in [-0.15, -0.1) is 0 Å². The van der Waals surface area contributed by atoms with Crippen LogP contribution in [0.2, 0.25) is 0 Å². The molecule has 26 atom stereocenters. The average molecular weight is 1170 g/mol. The predicted octanol–water partition coefficient (Wildman–Crippen LogP) is 4.22. The number of aliphatic hydroxyl groups excluding tert-OH is 4. The van der Waals surface area contributed by atoms with E-state index < -0.39 is 160 Å². The van der Waals surface area contributed by atoms with Gasteiger partial charge in [0.1, 0.15) is 36.2 Å². The molecule has 0 aromatic heterocycles. The minimum absolute atomic E-state index is 0.0150. The standard InChI is InChI=1S/C61H101F2N3O16/c1-16-45-58(12,74)49(70)36(7)66(25-19-23-64-54(73)61(76)32(3)26-39-40-29-42(62)41-28-38(67)20-22-55(41,9)60(40,63)44(68)30-56(39,61)10)24-18-21-59(75,17-2)51(82-53-47(69)43(65(13)14)27-33(4)78-53)34(5)48(35(6)52(72)80-45)81-46-31-57(11,77-15)50(71)37(8)79-46/h20,22,28,32-37,39-40,42-51,53,68-71,74-76H,16-19,21,23-27,29-31H2,1-15H3,(H,64,73)/t32-,33-,34+,35-,36-,37?,39?,40?,42+,43-,44+,45-,46-,47-,48+,49-,50-,51-,53+,55+,56+,57+,58-,59-,60+,61+/m1/s1. The maximum atomic E-state index is 17.9. The molecule has 7 rings (SSSR count). The fourth-order valence-electron chi connectivity index (χ4n) is 16.3. The molecule has 3 unspecified atom stereocenters. The number of hydrogen-bond acceptors (Lipinski definition) is 18. The Kier molecular flexibility index (Phi) is 20.3. The zero-order chi connectivity index (χ0) is 61.2. The number of carbonyl (C=O) groups excluding carboxylic acids is 3. The number of rotatable bonds is 13. The van der Waals surface area contributed by atoms with Crippen LogP contribution in [0.25, 0.3) is 0 Å². The van der Waals surface area contributed by atoms with Gasteiger partial charge < -0.3 is 74.4 Å². The highest BCUT2D eigenvalue weighted by molar-refractivity contribution is 6.01. The molecule has 3 heterocycles. The van der Waals surface area contributed by atoms with Crippen molar-refractivity contribution in [2.45, 2.75) is 261 Å². The second-order valence-corrected chi connectivity index (χ2v) is 27.0. The number of nitrogens with one attached hydrogen (secondary N) is 1. The number of nitrogens with zero attached hydrogens (tertiary/aromatic N) is 2. The maximum absolute atomic E-state index is 17.9. The van der Waals surface area contributed by atoms with Crippen LogP contribution in [-0.2, 0) is 42.8 Å². The topological polar surface area (TPSA) is 267 Å². The molecule has 3 aliphatic heterocycles. The first-order chi connectivity index (χ1) is 38.1. The minimum Gasteiger partial charge on any atom is -0.459 e. The number of carbonyl (C=O) groups is 3. The molecule has 0 bridgehead atoms. The number of hydrogen-bond donors (Lipinski definition) is 8. The summed E-state index contributed by atoms with van der Waals surface area (Å²) in [5, 5.41) is 88.3.